The van der Waals surface area contributed by atoms with Gasteiger partial charge in [-0.1, -0.05) is 42.5 Å². The lowest BCUT2D eigenvalue weighted by atomic mass is 10.1. The number of benzene rings is 3. The van der Waals surface area contributed by atoms with E-state index in [4.69, 9.17) is 9.40 Å². The van der Waals surface area contributed by atoms with Crippen molar-refractivity contribution in [2.75, 3.05) is 0 Å². The van der Waals surface area contributed by atoms with Crippen LogP contribution in [0.1, 0.15) is 11.1 Å². The van der Waals surface area contributed by atoms with E-state index in [0.29, 0.717) is 5.89 Å². The van der Waals surface area contributed by atoms with Crippen molar-refractivity contribution in [1.82, 2.24) is 19.7 Å². The average molecular weight is 366 g/mol. The van der Waals surface area contributed by atoms with Crippen LogP contribution in [0, 0.1) is 13.8 Å². The summed E-state index contributed by atoms with van der Waals surface area (Å²) in [5.74, 6) is 1.34. The Hall–Kier alpha value is -3.73. The summed E-state index contributed by atoms with van der Waals surface area (Å²) in [4.78, 5) is 9.32. The highest BCUT2D eigenvalue weighted by Gasteiger charge is 2.18. The van der Waals surface area contributed by atoms with Gasteiger partial charge in [0, 0.05) is 11.1 Å². The summed E-state index contributed by atoms with van der Waals surface area (Å²) < 4.78 is 7.90. The molecule has 0 fully saturated rings. The zero-order valence-electron chi connectivity index (χ0n) is 15.6. The Morgan fingerprint density at radius 1 is 0.821 bits per heavy atom. The SMILES string of the molecule is Cc1cccc(C)c1-n1ncnc1-c1cccc2oc(-c3ccccc3)nc12. The largest absolute Gasteiger partial charge is 0.436 e. The fourth-order valence-electron chi connectivity index (χ4n) is 3.56. The molecule has 2 aromatic heterocycles. The maximum Gasteiger partial charge on any atom is 0.227 e. The normalized spacial score (nSPS) is 11.2. The predicted molar refractivity (Wildman–Crippen MR) is 109 cm³/mol. The zero-order valence-corrected chi connectivity index (χ0v) is 15.6. The summed E-state index contributed by atoms with van der Waals surface area (Å²) >= 11 is 0. The first-order chi connectivity index (χ1) is 13.7. The molecular weight excluding hydrogens is 348 g/mol. The number of aryl methyl sites for hydroxylation is 2. The highest BCUT2D eigenvalue weighted by atomic mass is 16.3. The number of oxazole rings is 1. The van der Waals surface area contributed by atoms with Crippen LogP contribution in [0.15, 0.2) is 77.5 Å². The van der Waals surface area contributed by atoms with Gasteiger partial charge in [0.05, 0.1) is 5.69 Å². The van der Waals surface area contributed by atoms with E-state index in [2.05, 4.69) is 42.1 Å². The fraction of sp³-hybridized carbons (Fsp3) is 0.0870. The second-order valence-electron chi connectivity index (χ2n) is 6.77. The lowest BCUT2D eigenvalue weighted by Crippen LogP contribution is -2.04. The van der Waals surface area contributed by atoms with Gasteiger partial charge in [0.2, 0.25) is 5.89 Å². The molecule has 5 nitrogen and oxygen atoms in total. The maximum atomic E-state index is 6.02. The summed E-state index contributed by atoms with van der Waals surface area (Å²) in [5.41, 5.74) is 6.67. The van der Waals surface area contributed by atoms with Crippen LogP contribution >= 0.6 is 0 Å². The van der Waals surface area contributed by atoms with Gasteiger partial charge in [-0.15, -0.1) is 0 Å². The summed E-state index contributed by atoms with van der Waals surface area (Å²) in [7, 11) is 0. The van der Waals surface area contributed by atoms with Crippen LogP contribution in [0.2, 0.25) is 0 Å². The lowest BCUT2D eigenvalue weighted by Gasteiger charge is -2.12. The number of hydrogen-bond acceptors (Lipinski definition) is 4. The number of aromatic nitrogens is 4. The van der Waals surface area contributed by atoms with E-state index in [0.717, 1.165) is 44.9 Å². The molecule has 5 rings (SSSR count). The molecule has 0 spiro atoms. The van der Waals surface area contributed by atoms with Crippen LogP contribution in [0.25, 0.3) is 39.6 Å². The van der Waals surface area contributed by atoms with Gasteiger partial charge >= 0.3 is 0 Å². The zero-order chi connectivity index (χ0) is 19.1. The molecule has 5 heteroatoms. The number of rotatable bonds is 3. The molecule has 0 unspecified atom stereocenters. The van der Waals surface area contributed by atoms with E-state index in [1.165, 1.54) is 0 Å². The number of nitrogens with zero attached hydrogens (tertiary/aromatic N) is 4. The number of para-hydroxylation sites is 2. The van der Waals surface area contributed by atoms with Crippen LogP contribution in [0.3, 0.4) is 0 Å². The monoisotopic (exact) mass is 366 g/mol. The van der Waals surface area contributed by atoms with Crippen molar-refractivity contribution in [1.29, 1.82) is 0 Å². The Labute approximate surface area is 162 Å². The van der Waals surface area contributed by atoms with Gasteiger partial charge in [-0.2, -0.15) is 5.10 Å². The topological polar surface area (TPSA) is 56.7 Å². The standard InChI is InChI=1S/C23H18N4O/c1-15-8-6-9-16(2)21(15)27-22(24-14-25-27)18-12-7-13-19-20(18)26-23(28-19)17-10-4-3-5-11-17/h3-14H,1-2H3. The Balaban J connectivity index is 1.72. The molecule has 0 aliphatic rings. The minimum Gasteiger partial charge on any atom is -0.436 e. The van der Waals surface area contributed by atoms with Crippen molar-refractivity contribution < 1.29 is 4.42 Å². The van der Waals surface area contributed by atoms with Crippen molar-refractivity contribution in [3.8, 4) is 28.5 Å². The van der Waals surface area contributed by atoms with Gasteiger partial charge < -0.3 is 4.42 Å². The first-order valence-electron chi connectivity index (χ1n) is 9.14. The predicted octanol–water partition coefficient (Wildman–Crippen LogP) is 5.36. The molecule has 0 amide bonds. The third-order valence-electron chi connectivity index (χ3n) is 4.88. The molecule has 0 saturated heterocycles. The van der Waals surface area contributed by atoms with Crippen LogP contribution in [-0.4, -0.2) is 19.7 Å². The molecule has 28 heavy (non-hydrogen) atoms. The number of fused-ring (bicyclic) bond motifs is 1. The van der Waals surface area contributed by atoms with Gasteiger partial charge in [0.1, 0.15) is 11.8 Å². The van der Waals surface area contributed by atoms with Gasteiger partial charge in [-0.25, -0.2) is 14.6 Å². The third kappa shape index (κ3) is 2.60. The Morgan fingerprint density at radius 2 is 1.57 bits per heavy atom. The lowest BCUT2D eigenvalue weighted by molar-refractivity contribution is 0.620. The van der Waals surface area contributed by atoms with Gasteiger partial charge in [0.15, 0.2) is 11.4 Å². The van der Waals surface area contributed by atoms with Crippen LogP contribution in [-0.2, 0) is 0 Å². The first kappa shape index (κ1) is 16.4. The minimum atomic E-state index is 0.598. The molecule has 0 saturated carbocycles. The maximum absolute atomic E-state index is 6.02. The fourth-order valence-corrected chi connectivity index (χ4v) is 3.56. The Morgan fingerprint density at radius 3 is 2.36 bits per heavy atom. The van der Waals surface area contributed by atoms with Gasteiger partial charge in [-0.05, 0) is 49.2 Å². The highest BCUT2D eigenvalue weighted by molar-refractivity contribution is 5.90. The van der Waals surface area contributed by atoms with Crippen molar-refractivity contribution in [2.45, 2.75) is 13.8 Å². The van der Waals surface area contributed by atoms with Gasteiger partial charge in [-0.3, -0.25) is 0 Å². The summed E-state index contributed by atoms with van der Waals surface area (Å²) in [6.07, 6.45) is 1.58. The van der Waals surface area contributed by atoms with E-state index in [1.54, 1.807) is 6.33 Å². The molecule has 0 N–H and O–H groups in total. The van der Waals surface area contributed by atoms with Crippen LogP contribution in [0.5, 0.6) is 0 Å². The van der Waals surface area contributed by atoms with Crippen molar-refractivity contribution >= 4 is 11.1 Å². The summed E-state index contributed by atoms with van der Waals surface area (Å²) in [6.45, 7) is 4.16. The van der Waals surface area contributed by atoms with E-state index in [1.807, 2.05) is 53.2 Å². The van der Waals surface area contributed by atoms with E-state index in [9.17, 15) is 0 Å². The molecule has 0 bridgehead atoms. The van der Waals surface area contributed by atoms with Crippen LogP contribution in [0.4, 0.5) is 0 Å². The molecule has 0 aliphatic carbocycles. The van der Waals surface area contributed by atoms with E-state index < -0.39 is 0 Å². The molecule has 136 valence electrons. The second-order valence-corrected chi connectivity index (χ2v) is 6.77. The van der Waals surface area contributed by atoms with E-state index >= 15 is 0 Å². The number of hydrogen-bond donors (Lipinski definition) is 0. The molecule has 0 atom stereocenters. The molecule has 0 aliphatic heterocycles. The Kier molecular flexibility index (Phi) is 3.79. The van der Waals surface area contributed by atoms with Crippen molar-refractivity contribution in [3.05, 3.63) is 84.2 Å². The highest BCUT2D eigenvalue weighted by Crippen LogP contribution is 2.32. The minimum absolute atomic E-state index is 0.598. The van der Waals surface area contributed by atoms with Crippen LogP contribution < -0.4 is 0 Å². The molecule has 2 heterocycles. The second kappa shape index (κ2) is 6.46. The van der Waals surface area contributed by atoms with Crippen molar-refractivity contribution in [3.63, 3.8) is 0 Å². The van der Waals surface area contributed by atoms with Gasteiger partial charge in [0.25, 0.3) is 0 Å². The summed E-state index contributed by atoms with van der Waals surface area (Å²) in [6, 6.07) is 22.0. The molecule has 3 aromatic carbocycles. The van der Waals surface area contributed by atoms with Crippen molar-refractivity contribution in [2.24, 2.45) is 0 Å². The van der Waals surface area contributed by atoms with E-state index in [-0.39, 0.29) is 0 Å². The molecule has 0 radical (unpaired) electrons. The Bertz CT molecular complexity index is 1260. The quantitative estimate of drug-likeness (QED) is 0.431. The average Bonchev–Trinajstić information content (AvgIpc) is 3.35. The summed E-state index contributed by atoms with van der Waals surface area (Å²) in [5, 5.41) is 4.50. The first-order valence-corrected chi connectivity index (χ1v) is 9.14. The molecular formula is C23H18N4O. The third-order valence-corrected chi connectivity index (χ3v) is 4.88. The smallest absolute Gasteiger partial charge is 0.227 e. The molecule has 5 aromatic rings.